The molecule has 1 fully saturated rings. The molecule has 1 N–H and O–H groups in total. The zero-order valence-corrected chi connectivity index (χ0v) is 9.19. The molecule has 0 bridgehead atoms. The van der Waals surface area contributed by atoms with Gasteiger partial charge in [0.15, 0.2) is 0 Å². The SMILES string of the molecule is Cc1c(C2(C(=O)O)CC2)nnn1C(C)C. The molecule has 0 unspecified atom stereocenters. The van der Waals surface area contributed by atoms with E-state index in [1.54, 1.807) is 4.68 Å². The number of carboxylic acids is 1. The molecule has 2 rings (SSSR count). The van der Waals surface area contributed by atoms with Crippen molar-refractivity contribution >= 4 is 5.97 Å². The van der Waals surface area contributed by atoms with Gasteiger partial charge in [-0.15, -0.1) is 5.10 Å². The predicted molar refractivity (Wildman–Crippen MR) is 53.7 cm³/mol. The van der Waals surface area contributed by atoms with Crippen LogP contribution in [0, 0.1) is 6.92 Å². The molecule has 0 saturated heterocycles. The van der Waals surface area contributed by atoms with E-state index in [1.807, 2.05) is 20.8 Å². The highest BCUT2D eigenvalue weighted by atomic mass is 16.4. The van der Waals surface area contributed by atoms with Crippen molar-refractivity contribution in [2.24, 2.45) is 0 Å². The Morgan fingerprint density at radius 3 is 2.47 bits per heavy atom. The van der Waals surface area contributed by atoms with Crippen molar-refractivity contribution in [2.45, 2.75) is 45.1 Å². The average Bonchev–Trinajstić information content (AvgIpc) is 2.85. The third-order valence-corrected chi connectivity index (χ3v) is 3.03. The molecule has 15 heavy (non-hydrogen) atoms. The van der Waals surface area contributed by atoms with Gasteiger partial charge in [0, 0.05) is 6.04 Å². The molecule has 0 aromatic carbocycles. The lowest BCUT2D eigenvalue weighted by Crippen LogP contribution is -2.21. The number of hydrogen-bond donors (Lipinski definition) is 1. The van der Waals surface area contributed by atoms with Crippen LogP contribution < -0.4 is 0 Å². The van der Waals surface area contributed by atoms with E-state index in [0.29, 0.717) is 18.5 Å². The Morgan fingerprint density at radius 2 is 2.13 bits per heavy atom. The van der Waals surface area contributed by atoms with Crippen molar-refractivity contribution in [3.05, 3.63) is 11.4 Å². The Hall–Kier alpha value is -1.39. The Morgan fingerprint density at radius 1 is 1.53 bits per heavy atom. The molecule has 1 heterocycles. The number of hydrogen-bond acceptors (Lipinski definition) is 3. The second kappa shape index (κ2) is 3.05. The van der Waals surface area contributed by atoms with Gasteiger partial charge in [0.1, 0.15) is 11.1 Å². The molecule has 1 saturated carbocycles. The fourth-order valence-electron chi connectivity index (χ4n) is 1.95. The van der Waals surface area contributed by atoms with E-state index in [-0.39, 0.29) is 6.04 Å². The summed E-state index contributed by atoms with van der Waals surface area (Å²) in [6.07, 6.45) is 1.36. The second-order valence-electron chi connectivity index (χ2n) is 4.45. The van der Waals surface area contributed by atoms with Crippen molar-refractivity contribution in [3.63, 3.8) is 0 Å². The summed E-state index contributed by atoms with van der Waals surface area (Å²) in [6.45, 7) is 5.90. The maximum Gasteiger partial charge on any atom is 0.315 e. The van der Waals surface area contributed by atoms with Crippen molar-refractivity contribution in [1.29, 1.82) is 0 Å². The Kier molecular flexibility index (Phi) is 2.06. The van der Waals surface area contributed by atoms with Crippen LogP contribution in [0.3, 0.4) is 0 Å². The number of aliphatic carboxylic acids is 1. The lowest BCUT2D eigenvalue weighted by atomic mass is 10.0. The first kappa shape index (κ1) is 10.1. The molecule has 0 aliphatic heterocycles. The van der Waals surface area contributed by atoms with Crippen molar-refractivity contribution < 1.29 is 9.90 Å². The van der Waals surface area contributed by atoms with E-state index in [2.05, 4.69) is 10.3 Å². The molecule has 1 aromatic heterocycles. The smallest absolute Gasteiger partial charge is 0.315 e. The maximum atomic E-state index is 11.1. The summed E-state index contributed by atoms with van der Waals surface area (Å²) in [6, 6.07) is 0.218. The molecule has 0 radical (unpaired) electrons. The van der Waals surface area contributed by atoms with Crippen LogP contribution in [0.15, 0.2) is 0 Å². The monoisotopic (exact) mass is 209 g/mol. The summed E-state index contributed by atoms with van der Waals surface area (Å²) < 4.78 is 1.78. The van der Waals surface area contributed by atoms with E-state index in [9.17, 15) is 4.79 Å². The Balaban J connectivity index is 2.43. The molecule has 0 amide bonds. The molecule has 1 aliphatic rings. The standard InChI is InChI=1S/C10H15N3O2/c1-6(2)13-7(3)8(11-12-13)10(4-5-10)9(14)15/h6H,4-5H2,1-3H3,(H,14,15). The first-order chi connectivity index (χ1) is 6.99. The molecule has 0 atom stereocenters. The molecule has 0 spiro atoms. The van der Waals surface area contributed by atoms with Gasteiger partial charge in [-0.25, -0.2) is 4.68 Å². The zero-order valence-electron chi connectivity index (χ0n) is 9.19. The van der Waals surface area contributed by atoms with E-state index in [4.69, 9.17) is 5.11 Å². The van der Waals surface area contributed by atoms with Gasteiger partial charge in [0.05, 0.1) is 5.69 Å². The minimum Gasteiger partial charge on any atom is -0.481 e. The highest BCUT2D eigenvalue weighted by Gasteiger charge is 2.55. The topological polar surface area (TPSA) is 68.0 Å². The van der Waals surface area contributed by atoms with Gasteiger partial charge in [0.25, 0.3) is 0 Å². The number of carbonyl (C=O) groups is 1. The van der Waals surface area contributed by atoms with E-state index in [1.165, 1.54) is 0 Å². The van der Waals surface area contributed by atoms with Crippen molar-refractivity contribution in [2.75, 3.05) is 0 Å². The number of aromatic nitrogens is 3. The third kappa shape index (κ3) is 1.33. The fourth-order valence-corrected chi connectivity index (χ4v) is 1.95. The lowest BCUT2D eigenvalue weighted by Gasteiger charge is -2.09. The van der Waals surface area contributed by atoms with Gasteiger partial charge in [-0.3, -0.25) is 4.79 Å². The highest BCUT2D eigenvalue weighted by molar-refractivity contribution is 5.84. The van der Waals surface area contributed by atoms with Crippen LogP contribution in [-0.4, -0.2) is 26.1 Å². The number of rotatable bonds is 3. The second-order valence-corrected chi connectivity index (χ2v) is 4.45. The molecule has 82 valence electrons. The van der Waals surface area contributed by atoms with Gasteiger partial charge in [-0.1, -0.05) is 5.21 Å². The van der Waals surface area contributed by atoms with Crippen LogP contribution >= 0.6 is 0 Å². The van der Waals surface area contributed by atoms with E-state index >= 15 is 0 Å². The summed E-state index contributed by atoms with van der Waals surface area (Å²) in [4.78, 5) is 11.1. The molecular weight excluding hydrogens is 194 g/mol. The van der Waals surface area contributed by atoms with Gasteiger partial charge < -0.3 is 5.11 Å². The summed E-state index contributed by atoms with van der Waals surface area (Å²) in [5.74, 6) is -0.776. The molecule has 1 aliphatic carbocycles. The largest absolute Gasteiger partial charge is 0.481 e. The van der Waals surface area contributed by atoms with Gasteiger partial charge in [-0.2, -0.15) is 0 Å². The van der Waals surface area contributed by atoms with Gasteiger partial charge in [0.2, 0.25) is 0 Å². The maximum absolute atomic E-state index is 11.1. The third-order valence-electron chi connectivity index (χ3n) is 3.03. The highest BCUT2D eigenvalue weighted by Crippen LogP contribution is 2.48. The van der Waals surface area contributed by atoms with E-state index < -0.39 is 11.4 Å². The summed E-state index contributed by atoms with van der Waals surface area (Å²) in [5, 5.41) is 17.2. The predicted octanol–water partition coefficient (Wildman–Crippen LogP) is 1.28. The van der Waals surface area contributed by atoms with Crippen LogP contribution in [-0.2, 0) is 10.2 Å². The summed E-state index contributed by atoms with van der Waals surface area (Å²) in [7, 11) is 0. The summed E-state index contributed by atoms with van der Waals surface area (Å²) >= 11 is 0. The minimum atomic E-state index is -0.776. The zero-order chi connectivity index (χ0) is 11.2. The van der Waals surface area contributed by atoms with Crippen molar-refractivity contribution in [3.8, 4) is 0 Å². The van der Waals surface area contributed by atoms with E-state index in [0.717, 1.165) is 5.69 Å². The summed E-state index contributed by atoms with van der Waals surface area (Å²) in [5.41, 5.74) is 0.783. The van der Waals surface area contributed by atoms with Gasteiger partial charge in [-0.05, 0) is 33.6 Å². The lowest BCUT2D eigenvalue weighted by molar-refractivity contribution is -0.140. The fraction of sp³-hybridized carbons (Fsp3) is 0.700. The first-order valence-corrected chi connectivity index (χ1v) is 5.14. The van der Waals surface area contributed by atoms with Crippen molar-refractivity contribution in [1.82, 2.24) is 15.0 Å². The molecule has 5 nitrogen and oxygen atoms in total. The average molecular weight is 209 g/mol. The quantitative estimate of drug-likeness (QED) is 0.814. The first-order valence-electron chi connectivity index (χ1n) is 5.14. The Bertz CT molecular complexity index is 405. The van der Waals surface area contributed by atoms with Crippen LogP contribution in [0.4, 0.5) is 0 Å². The number of carboxylic acid groups (broad SMARTS) is 1. The van der Waals surface area contributed by atoms with Crippen LogP contribution in [0.2, 0.25) is 0 Å². The minimum absolute atomic E-state index is 0.218. The van der Waals surface area contributed by atoms with Crippen LogP contribution in [0.25, 0.3) is 0 Å². The van der Waals surface area contributed by atoms with Crippen LogP contribution in [0.1, 0.15) is 44.1 Å². The normalized spacial score (nSPS) is 18.1. The Labute approximate surface area is 88.1 Å². The van der Waals surface area contributed by atoms with Gasteiger partial charge >= 0.3 is 5.97 Å². The molecular formula is C10H15N3O2. The molecule has 5 heteroatoms. The number of nitrogens with zero attached hydrogens (tertiary/aromatic N) is 3. The van der Waals surface area contributed by atoms with Crippen LogP contribution in [0.5, 0.6) is 0 Å². The molecule has 1 aromatic rings.